The lowest BCUT2D eigenvalue weighted by Gasteiger charge is -2.30. The minimum Gasteiger partial charge on any atom is -0.480 e. The number of aromatic amines is 1. The number of fused-ring (bicyclic) bond motifs is 1. The molecule has 3 heterocycles. The highest BCUT2D eigenvalue weighted by Gasteiger charge is 2.39. The number of aliphatic carboxylic acids is 1. The summed E-state index contributed by atoms with van der Waals surface area (Å²) in [6.07, 6.45) is 6.36. The molecular weight excluding hydrogens is 488 g/mol. The molecule has 2 aromatic rings. The lowest BCUT2D eigenvalue weighted by molar-refractivity contribution is -0.145. The van der Waals surface area contributed by atoms with E-state index in [1.807, 2.05) is 24.3 Å². The maximum absolute atomic E-state index is 13.6. The summed E-state index contributed by atoms with van der Waals surface area (Å²) in [6, 6.07) is 4.56. The van der Waals surface area contributed by atoms with Crippen molar-refractivity contribution < 1.29 is 24.3 Å². The fourth-order valence-electron chi connectivity index (χ4n) is 5.42. The number of H-pyrrole nitrogens is 1. The van der Waals surface area contributed by atoms with Crippen molar-refractivity contribution in [3.63, 3.8) is 0 Å². The van der Waals surface area contributed by atoms with Gasteiger partial charge in [0.15, 0.2) is 0 Å². The molecule has 2 aliphatic heterocycles. The van der Waals surface area contributed by atoms with Crippen LogP contribution < -0.4 is 21.7 Å². The molecule has 0 saturated carbocycles. The average Bonchev–Trinajstić information content (AvgIpc) is 3.68. The first-order chi connectivity index (χ1) is 18.4. The van der Waals surface area contributed by atoms with Crippen molar-refractivity contribution in [1.82, 2.24) is 25.8 Å². The molecule has 2 aliphatic rings. The van der Waals surface area contributed by atoms with Gasteiger partial charge < -0.3 is 36.7 Å². The molecule has 3 amide bonds. The zero-order chi connectivity index (χ0) is 27.1. The Labute approximate surface area is 221 Å². The first-order valence-electron chi connectivity index (χ1n) is 13.5. The highest BCUT2D eigenvalue weighted by Crippen LogP contribution is 2.22. The summed E-state index contributed by atoms with van der Waals surface area (Å²) in [4.78, 5) is 56.3. The number of benzene rings is 1. The van der Waals surface area contributed by atoms with Crippen molar-refractivity contribution in [3.05, 3.63) is 36.0 Å². The highest BCUT2D eigenvalue weighted by molar-refractivity contribution is 5.95. The Hall–Kier alpha value is -3.44. The molecule has 7 N–H and O–H groups in total. The Morgan fingerprint density at radius 3 is 2.58 bits per heavy atom. The number of unbranched alkanes of at least 4 members (excludes halogenated alkanes) is 1. The normalized spacial score (nSPS) is 20.8. The standard InChI is InChI=1S/C27H38N6O5/c28-12-4-3-9-21(31-24(34)20-10-5-13-29-20)26(36)33-14-6-11-23(33)25(35)32-22(27(37)38)15-17-16-30-19-8-2-1-7-18(17)19/h1-2,7-8,16,20-23,29-30H,3-6,9-15,28H2,(H,31,34)(H,32,35)(H,37,38). The third-order valence-corrected chi connectivity index (χ3v) is 7.49. The minimum absolute atomic E-state index is 0.109. The zero-order valence-electron chi connectivity index (χ0n) is 21.6. The van der Waals surface area contributed by atoms with E-state index in [4.69, 9.17) is 5.73 Å². The van der Waals surface area contributed by atoms with Crippen LogP contribution in [0.3, 0.4) is 0 Å². The summed E-state index contributed by atoms with van der Waals surface area (Å²) in [5.74, 6) is -2.16. The number of nitrogens with zero attached hydrogens (tertiary/aromatic N) is 1. The second-order valence-corrected chi connectivity index (χ2v) is 10.1. The molecule has 4 rings (SSSR count). The van der Waals surface area contributed by atoms with Crippen LogP contribution in [0, 0.1) is 0 Å². The number of nitrogens with two attached hydrogens (primary N) is 1. The van der Waals surface area contributed by atoms with Gasteiger partial charge in [-0.1, -0.05) is 18.2 Å². The number of likely N-dealkylation sites (tertiary alicyclic amines) is 1. The van der Waals surface area contributed by atoms with E-state index < -0.39 is 30.0 Å². The van der Waals surface area contributed by atoms with Crippen LogP contribution in [0.15, 0.2) is 30.5 Å². The molecular formula is C27H38N6O5. The third kappa shape index (κ3) is 6.51. The van der Waals surface area contributed by atoms with Crippen LogP contribution >= 0.6 is 0 Å². The second kappa shape index (κ2) is 12.9. The Bertz CT molecular complexity index is 1140. The highest BCUT2D eigenvalue weighted by atomic mass is 16.4. The number of hydrogen-bond donors (Lipinski definition) is 6. The maximum atomic E-state index is 13.6. The number of hydrogen-bond acceptors (Lipinski definition) is 6. The molecule has 1 aromatic carbocycles. The molecule has 2 saturated heterocycles. The molecule has 0 radical (unpaired) electrons. The molecule has 11 nitrogen and oxygen atoms in total. The van der Waals surface area contributed by atoms with E-state index in [0.717, 1.165) is 42.3 Å². The summed E-state index contributed by atoms with van der Waals surface area (Å²) < 4.78 is 0. The number of carboxylic acid groups (broad SMARTS) is 1. The Kier molecular flexibility index (Phi) is 9.35. The van der Waals surface area contributed by atoms with Crippen molar-refractivity contribution in [3.8, 4) is 0 Å². The second-order valence-electron chi connectivity index (χ2n) is 10.1. The third-order valence-electron chi connectivity index (χ3n) is 7.49. The number of carboxylic acids is 1. The number of carbonyl (C=O) groups excluding carboxylic acids is 3. The van der Waals surface area contributed by atoms with Crippen molar-refractivity contribution in [2.75, 3.05) is 19.6 Å². The smallest absolute Gasteiger partial charge is 0.326 e. The van der Waals surface area contributed by atoms with Crippen LogP contribution in [-0.2, 0) is 25.6 Å². The van der Waals surface area contributed by atoms with Crippen LogP contribution in [0.2, 0.25) is 0 Å². The van der Waals surface area contributed by atoms with Gasteiger partial charge in [0, 0.05) is 30.1 Å². The lowest BCUT2D eigenvalue weighted by atomic mass is 10.0. The number of amides is 3. The summed E-state index contributed by atoms with van der Waals surface area (Å²) in [6.45, 7) is 1.63. The van der Waals surface area contributed by atoms with Gasteiger partial charge in [0.1, 0.15) is 18.1 Å². The Morgan fingerprint density at radius 2 is 1.84 bits per heavy atom. The summed E-state index contributed by atoms with van der Waals surface area (Å²) in [5, 5.41) is 19.5. The fourth-order valence-corrected chi connectivity index (χ4v) is 5.42. The monoisotopic (exact) mass is 526 g/mol. The first kappa shape index (κ1) is 27.6. The number of rotatable bonds is 12. The topological polar surface area (TPSA) is 170 Å². The van der Waals surface area contributed by atoms with Crippen LogP contribution in [0.1, 0.15) is 50.5 Å². The molecule has 4 atom stereocenters. The van der Waals surface area contributed by atoms with Gasteiger partial charge in [-0.25, -0.2) is 4.79 Å². The minimum atomic E-state index is -1.15. The lowest BCUT2D eigenvalue weighted by Crippen LogP contribution is -2.56. The predicted octanol–water partition coefficient (Wildman–Crippen LogP) is 0.637. The summed E-state index contributed by atoms with van der Waals surface area (Å²) in [7, 11) is 0. The van der Waals surface area contributed by atoms with E-state index in [1.54, 1.807) is 6.20 Å². The molecule has 2 fully saturated rings. The predicted molar refractivity (Wildman–Crippen MR) is 142 cm³/mol. The van der Waals surface area contributed by atoms with Crippen LogP contribution in [0.5, 0.6) is 0 Å². The maximum Gasteiger partial charge on any atom is 0.326 e. The fraction of sp³-hybridized carbons (Fsp3) is 0.556. The Morgan fingerprint density at radius 1 is 1.05 bits per heavy atom. The van der Waals surface area contributed by atoms with Gasteiger partial charge in [0.2, 0.25) is 17.7 Å². The zero-order valence-corrected chi connectivity index (χ0v) is 21.6. The van der Waals surface area contributed by atoms with Gasteiger partial charge >= 0.3 is 5.97 Å². The van der Waals surface area contributed by atoms with Gasteiger partial charge in [-0.05, 0) is 69.7 Å². The van der Waals surface area contributed by atoms with Crippen molar-refractivity contribution in [2.24, 2.45) is 5.73 Å². The van der Waals surface area contributed by atoms with Crippen LogP contribution in [-0.4, -0.2) is 82.5 Å². The SMILES string of the molecule is NCCCCC(NC(=O)C1CCCN1)C(=O)N1CCCC1C(=O)NC(Cc1c[nH]c2ccccc12)C(=O)O. The van der Waals surface area contributed by atoms with Gasteiger partial charge in [-0.15, -0.1) is 0 Å². The van der Waals surface area contributed by atoms with E-state index in [2.05, 4.69) is 20.9 Å². The Balaban J connectivity index is 1.43. The van der Waals surface area contributed by atoms with Crippen LogP contribution in [0.4, 0.5) is 0 Å². The summed E-state index contributed by atoms with van der Waals surface area (Å²) >= 11 is 0. The molecule has 0 aliphatic carbocycles. The van der Waals surface area contributed by atoms with Crippen molar-refractivity contribution in [2.45, 2.75) is 75.5 Å². The van der Waals surface area contributed by atoms with E-state index >= 15 is 0 Å². The number of aromatic nitrogens is 1. The molecule has 1 aromatic heterocycles. The van der Waals surface area contributed by atoms with E-state index in [-0.39, 0.29) is 24.3 Å². The van der Waals surface area contributed by atoms with E-state index in [0.29, 0.717) is 38.8 Å². The van der Waals surface area contributed by atoms with Gasteiger partial charge in [0.25, 0.3) is 0 Å². The molecule has 206 valence electrons. The molecule has 0 bridgehead atoms. The van der Waals surface area contributed by atoms with Crippen LogP contribution in [0.25, 0.3) is 10.9 Å². The largest absolute Gasteiger partial charge is 0.480 e. The van der Waals surface area contributed by atoms with E-state index in [1.165, 1.54) is 4.90 Å². The molecule has 4 unspecified atom stereocenters. The molecule has 38 heavy (non-hydrogen) atoms. The quantitative estimate of drug-likeness (QED) is 0.220. The molecule has 0 spiro atoms. The number of para-hydroxylation sites is 1. The number of carbonyl (C=O) groups is 4. The van der Waals surface area contributed by atoms with Crippen molar-refractivity contribution in [1.29, 1.82) is 0 Å². The van der Waals surface area contributed by atoms with Gasteiger partial charge in [0.05, 0.1) is 6.04 Å². The molecule has 11 heteroatoms. The average molecular weight is 527 g/mol. The van der Waals surface area contributed by atoms with E-state index in [9.17, 15) is 24.3 Å². The van der Waals surface area contributed by atoms with Gasteiger partial charge in [-0.2, -0.15) is 0 Å². The first-order valence-corrected chi connectivity index (χ1v) is 13.5. The van der Waals surface area contributed by atoms with Gasteiger partial charge in [-0.3, -0.25) is 14.4 Å². The number of nitrogens with one attached hydrogen (secondary N) is 4. The summed E-state index contributed by atoms with van der Waals surface area (Å²) in [5.41, 5.74) is 7.31. The van der Waals surface area contributed by atoms with Crippen molar-refractivity contribution >= 4 is 34.6 Å².